The average molecular weight is 648 g/mol. The quantitative estimate of drug-likeness (QED) is 0.133. The minimum Gasteiger partial charge on any atom is -0.457 e. The Labute approximate surface area is 283 Å². The summed E-state index contributed by atoms with van der Waals surface area (Å²) in [5.41, 5.74) is 4.10. The number of anilines is 2. The number of rotatable bonds is 12. The molecule has 0 radical (unpaired) electrons. The van der Waals surface area contributed by atoms with Crippen molar-refractivity contribution < 1.29 is 24.1 Å². The van der Waals surface area contributed by atoms with Gasteiger partial charge in [0.25, 0.3) is 0 Å². The van der Waals surface area contributed by atoms with Gasteiger partial charge in [-0.05, 0) is 72.5 Å². The fourth-order valence-electron chi connectivity index (χ4n) is 6.62. The lowest BCUT2D eigenvalue weighted by molar-refractivity contribution is -0.276. The van der Waals surface area contributed by atoms with Crippen molar-refractivity contribution in [3.05, 3.63) is 132 Å². The smallest absolute Gasteiger partial charge is 0.323 e. The molecule has 1 saturated carbocycles. The van der Waals surface area contributed by atoms with Gasteiger partial charge in [0.2, 0.25) is 0 Å². The van der Waals surface area contributed by atoms with E-state index in [4.69, 9.17) is 14.2 Å². The second-order valence-corrected chi connectivity index (χ2v) is 12.6. The number of benzene rings is 4. The summed E-state index contributed by atoms with van der Waals surface area (Å²) < 4.78 is 19.2. The fourth-order valence-corrected chi connectivity index (χ4v) is 6.62. The number of carbonyl (C=O) groups excluding carboxylic acids is 1. The van der Waals surface area contributed by atoms with Crippen LogP contribution < -0.4 is 15.4 Å². The Morgan fingerprint density at radius 1 is 0.854 bits per heavy atom. The number of aliphatic hydroxyl groups excluding tert-OH is 1. The van der Waals surface area contributed by atoms with Crippen molar-refractivity contribution in [3.63, 3.8) is 0 Å². The van der Waals surface area contributed by atoms with Crippen LogP contribution >= 0.6 is 0 Å². The molecule has 0 unspecified atom stereocenters. The van der Waals surface area contributed by atoms with Crippen LogP contribution in [0, 0.1) is 5.92 Å². The third-order valence-corrected chi connectivity index (χ3v) is 9.27. The molecular weight excluding hydrogens is 602 g/mol. The van der Waals surface area contributed by atoms with Crippen LogP contribution in [-0.4, -0.2) is 41.3 Å². The van der Waals surface area contributed by atoms with Crippen LogP contribution in [0.25, 0.3) is 0 Å². The molecule has 48 heavy (non-hydrogen) atoms. The highest BCUT2D eigenvalue weighted by Gasteiger charge is 2.40. The molecule has 0 spiro atoms. The van der Waals surface area contributed by atoms with Gasteiger partial charge in [0.1, 0.15) is 11.5 Å². The van der Waals surface area contributed by atoms with E-state index in [9.17, 15) is 9.90 Å². The number of urea groups is 1. The maximum Gasteiger partial charge on any atom is 0.323 e. The highest BCUT2D eigenvalue weighted by atomic mass is 16.7. The van der Waals surface area contributed by atoms with Crippen LogP contribution in [0.1, 0.15) is 61.7 Å². The van der Waals surface area contributed by atoms with E-state index >= 15 is 0 Å². The second-order valence-electron chi connectivity index (χ2n) is 12.6. The normalized spacial score (nSPS) is 21.1. The number of aliphatic hydroxyl groups is 1. The van der Waals surface area contributed by atoms with Gasteiger partial charge in [-0.2, -0.15) is 0 Å². The predicted octanol–water partition coefficient (Wildman–Crippen LogP) is 8.84. The summed E-state index contributed by atoms with van der Waals surface area (Å²) in [7, 11) is 0. The minimum absolute atomic E-state index is 0.00201. The fraction of sp³-hybridized carbons (Fsp3) is 0.325. The van der Waals surface area contributed by atoms with E-state index in [0.29, 0.717) is 23.2 Å². The van der Waals surface area contributed by atoms with Gasteiger partial charge in [0.15, 0.2) is 6.29 Å². The van der Waals surface area contributed by atoms with Crippen molar-refractivity contribution in [2.24, 2.45) is 5.92 Å². The van der Waals surface area contributed by atoms with Crippen molar-refractivity contribution in [1.82, 2.24) is 4.90 Å². The van der Waals surface area contributed by atoms with Crippen LogP contribution in [-0.2, 0) is 16.1 Å². The molecule has 4 aromatic carbocycles. The van der Waals surface area contributed by atoms with Crippen LogP contribution in [0.2, 0.25) is 0 Å². The van der Waals surface area contributed by atoms with Crippen LogP contribution in [0.3, 0.4) is 0 Å². The van der Waals surface area contributed by atoms with Gasteiger partial charge in [-0.3, -0.25) is 4.90 Å². The molecule has 4 aromatic rings. The third-order valence-electron chi connectivity index (χ3n) is 9.27. The number of nitrogens with one attached hydrogen (secondary N) is 2. The number of para-hydroxylation sites is 1. The van der Waals surface area contributed by atoms with Gasteiger partial charge in [0, 0.05) is 42.0 Å². The summed E-state index contributed by atoms with van der Waals surface area (Å²) in [6.45, 7) is 7.85. The van der Waals surface area contributed by atoms with Crippen LogP contribution in [0.5, 0.6) is 11.5 Å². The Balaban J connectivity index is 1.12. The molecule has 1 aliphatic heterocycles. The Morgan fingerprint density at radius 2 is 1.46 bits per heavy atom. The third kappa shape index (κ3) is 8.51. The number of hydrogen-bond donors (Lipinski definition) is 3. The summed E-state index contributed by atoms with van der Waals surface area (Å²) in [4.78, 5) is 15.3. The first-order chi connectivity index (χ1) is 23.5. The number of ether oxygens (including phenoxy) is 3. The van der Waals surface area contributed by atoms with Gasteiger partial charge in [-0.15, -0.1) is 6.58 Å². The van der Waals surface area contributed by atoms with Crippen molar-refractivity contribution in [1.29, 1.82) is 0 Å². The maximum atomic E-state index is 12.8. The van der Waals surface area contributed by atoms with Gasteiger partial charge < -0.3 is 30.0 Å². The second kappa shape index (κ2) is 16.1. The van der Waals surface area contributed by atoms with Crippen molar-refractivity contribution >= 4 is 17.4 Å². The maximum absolute atomic E-state index is 12.8. The van der Waals surface area contributed by atoms with E-state index in [1.165, 1.54) is 25.7 Å². The summed E-state index contributed by atoms with van der Waals surface area (Å²) in [5.74, 6) is 1.53. The van der Waals surface area contributed by atoms with Crippen LogP contribution in [0.15, 0.2) is 116 Å². The number of nitrogens with zero attached hydrogens (tertiary/aromatic N) is 1. The number of carbonyl (C=O) groups is 1. The van der Waals surface area contributed by atoms with Gasteiger partial charge in [-0.1, -0.05) is 80.4 Å². The Hall–Kier alpha value is -4.47. The number of hydrogen-bond acceptors (Lipinski definition) is 6. The predicted molar refractivity (Wildman–Crippen MR) is 189 cm³/mol. The van der Waals surface area contributed by atoms with Gasteiger partial charge in [0.05, 0.1) is 18.8 Å². The van der Waals surface area contributed by atoms with Crippen LogP contribution in [0.4, 0.5) is 16.2 Å². The zero-order chi connectivity index (χ0) is 33.3. The molecular formula is C40H45N3O5. The van der Waals surface area contributed by atoms with E-state index < -0.39 is 6.29 Å². The van der Waals surface area contributed by atoms with Crippen molar-refractivity contribution in [3.8, 4) is 11.5 Å². The first-order valence-corrected chi connectivity index (χ1v) is 16.9. The average Bonchev–Trinajstić information content (AvgIpc) is 3.66. The first-order valence-electron chi connectivity index (χ1n) is 16.9. The van der Waals surface area contributed by atoms with Gasteiger partial charge >= 0.3 is 6.03 Å². The molecule has 1 saturated heterocycles. The molecule has 1 aliphatic carbocycles. The summed E-state index contributed by atoms with van der Waals surface area (Å²) in [5, 5.41) is 15.4. The standard InChI is InChI=1S/C40H45N3O5/c1-3-25-43(34-9-7-8-10-34)26-37-28(2)38(30-15-13-29(27-44)14-16-30)48-39(47-37)31-17-19-32(20-18-31)41-40(45)42-33-21-23-36(24-22-33)46-35-11-5-4-6-12-35/h3-6,11-24,28,34,37-39,44H,1,7-10,25-27H2,2H3,(H2,41,42,45)/t28-,37+,38+,39+/m0/s1. The first kappa shape index (κ1) is 33.4. The molecule has 8 heteroatoms. The molecule has 8 nitrogen and oxygen atoms in total. The molecule has 0 aromatic heterocycles. The summed E-state index contributed by atoms with van der Waals surface area (Å²) in [6.07, 6.45) is 6.08. The van der Waals surface area contributed by atoms with E-state index in [2.05, 4.69) is 29.0 Å². The molecule has 2 fully saturated rings. The van der Waals surface area contributed by atoms with E-state index in [0.717, 1.165) is 35.5 Å². The van der Waals surface area contributed by atoms with E-state index in [1.807, 2.05) is 97.1 Å². The minimum atomic E-state index is -0.581. The SMILES string of the molecule is C=CCN(C[C@H]1O[C@@H](c2ccc(NC(=O)Nc3ccc(Oc4ccccc4)cc3)cc2)O[C@@H](c2ccc(CO)cc2)[C@H]1C)C1CCCC1. The highest BCUT2D eigenvalue weighted by molar-refractivity contribution is 5.99. The molecule has 250 valence electrons. The molecule has 6 rings (SSSR count). The zero-order valence-electron chi connectivity index (χ0n) is 27.5. The lowest BCUT2D eigenvalue weighted by atomic mass is 9.89. The lowest BCUT2D eigenvalue weighted by Crippen LogP contribution is -2.47. The van der Waals surface area contributed by atoms with Crippen molar-refractivity contribution in [2.45, 2.75) is 63.8 Å². The van der Waals surface area contributed by atoms with E-state index in [1.54, 1.807) is 12.1 Å². The molecule has 3 N–H and O–H groups in total. The topological polar surface area (TPSA) is 92.3 Å². The Kier molecular flexibility index (Phi) is 11.2. The zero-order valence-corrected chi connectivity index (χ0v) is 27.5. The molecule has 2 aliphatic rings. The van der Waals surface area contributed by atoms with Crippen molar-refractivity contribution in [2.75, 3.05) is 23.7 Å². The molecule has 2 amide bonds. The van der Waals surface area contributed by atoms with Gasteiger partial charge in [-0.25, -0.2) is 4.79 Å². The summed E-state index contributed by atoms with van der Waals surface area (Å²) in [6, 6.07) is 32.5. The summed E-state index contributed by atoms with van der Waals surface area (Å²) >= 11 is 0. The monoisotopic (exact) mass is 647 g/mol. The lowest BCUT2D eigenvalue weighted by Gasteiger charge is -2.43. The molecule has 0 bridgehead atoms. The Morgan fingerprint density at radius 3 is 2.08 bits per heavy atom. The van der Waals surface area contributed by atoms with E-state index in [-0.39, 0.29) is 30.8 Å². The Bertz CT molecular complexity index is 1610. The number of amides is 2. The molecule has 4 atom stereocenters. The highest BCUT2D eigenvalue weighted by Crippen LogP contribution is 2.42. The largest absolute Gasteiger partial charge is 0.457 e. The molecule has 1 heterocycles.